The van der Waals surface area contributed by atoms with Crippen molar-refractivity contribution in [2.45, 2.75) is 32.8 Å². The summed E-state index contributed by atoms with van der Waals surface area (Å²) >= 11 is 0. The number of pyridine rings is 1. The van der Waals surface area contributed by atoms with Gasteiger partial charge < -0.3 is 10.0 Å². The molecule has 22 heavy (non-hydrogen) atoms. The molecule has 0 radical (unpaired) electrons. The summed E-state index contributed by atoms with van der Waals surface area (Å²) in [4.78, 5) is 18.8. The van der Waals surface area contributed by atoms with Crippen LogP contribution in [0.5, 0.6) is 0 Å². The third-order valence-electron chi connectivity index (χ3n) is 4.37. The molecule has 1 aromatic heterocycles. The van der Waals surface area contributed by atoms with Crippen molar-refractivity contribution in [1.82, 2.24) is 9.88 Å². The fraction of sp³-hybridized carbons (Fsp3) is 0.444. The molecule has 1 atom stereocenters. The number of amides is 1. The lowest BCUT2D eigenvalue weighted by molar-refractivity contribution is 0.0644. The van der Waals surface area contributed by atoms with E-state index in [1.54, 1.807) is 11.9 Å². The molecule has 1 heterocycles. The molecule has 4 heteroatoms. The summed E-state index contributed by atoms with van der Waals surface area (Å²) < 4.78 is 0. The number of hydrogen-bond acceptors (Lipinski definition) is 3. The molecule has 1 amide bonds. The fourth-order valence-electron chi connectivity index (χ4n) is 2.81. The van der Waals surface area contributed by atoms with Gasteiger partial charge in [0.15, 0.2) is 0 Å². The van der Waals surface area contributed by atoms with E-state index in [-0.39, 0.29) is 5.91 Å². The summed E-state index contributed by atoms with van der Waals surface area (Å²) in [5, 5.41) is 11.0. The minimum atomic E-state index is -0.412. The van der Waals surface area contributed by atoms with Gasteiger partial charge in [0.25, 0.3) is 5.91 Å². The number of carbonyl (C=O) groups is 1. The summed E-state index contributed by atoms with van der Waals surface area (Å²) in [6.45, 7) is 4.27. The van der Waals surface area contributed by atoms with Crippen molar-refractivity contribution in [2.24, 2.45) is 5.92 Å². The first-order chi connectivity index (χ1) is 10.5. The maximum Gasteiger partial charge on any atom is 0.255 e. The van der Waals surface area contributed by atoms with Crippen molar-refractivity contribution in [3.8, 4) is 0 Å². The van der Waals surface area contributed by atoms with Crippen LogP contribution in [0.1, 0.15) is 34.5 Å². The first kappa shape index (κ1) is 15.0. The molecule has 4 nitrogen and oxygen atoms in total. The molecule has 0 aliphatic heterocycles. The number of benzene rings is 1. The summed E-state index contributed by atoms with van der Waals surface area (Å²) in [5.41, 5.74) is 3.40. The molecule has 3 rings (SSSR count). The van der Waals surface area contributed by atoms with Crippen LogP contribution in [0.2, 0.25) is 0 Å². The molecule has 1 saturated carbocycles. The number of hydrogen-bond donors (Lipinski definition) is 1. The van der Waals surface area contributed by atoms with Crippen molar-refractivity contribution in [1.29, 1.82) is 0 Å². The first-order valence-corrected chi connectivity index (χ1v) is 7.77. The van der Waals surface area contributed by atoms with Crippen LogP contribution in [-0.4, -0.2) is 40.6 Å². The molecule has 1 N–H and O–H groups in total. The highest BCUT2D eigenvalue weighted by Crippen LogP contribution is 2.32. The highest BCUT2D eigenvalue weighted by atomic mass is 16.3. The van der Waals surface area contributed by atoms with E-state index in [1.165, 1.54) is 0 Å². The van der Waals surface area contributed by atoms with Crippen LogP contribution >= 0.6 is 0 Å². The van der Waals surface area contributed by atoms with Crippen LogP contribution in [0.4, 0.5) is 0 Å². The summed E-state index contributed by atoms with van der Waals surface area (Å²) in [6.07, 6.45) is 1.72. The maximum atomic E-state index is 12.6. The van der Waals surface area contributed by atoms with Gasteiger partial charge >= 0.3 is 0 Å². The molecule has 1 aromatic carbocycles. The number of likely N-dealkylation sites (N-methyl/N-ethyl adjacent to an activating group) is 1. The van der Waals surface area contributed by atoms with Gasteiger partial charge in [-0.1, -0.05) is 11.6 Å². The molecule has 1 aliphatic carbocycles. The summed E-state index contributed by atoms with van der Waals surface area (Å²) in [7, 11) is 1.74. The Hall–Kier alpha value is -1.94. The van der Waals surface area contributed by atoms with Gasteiger partial charge in [0.1, 0.15) is 0 Å². The monoisotopic (exact) mass is 298 g/mol. The van der Waals surface area contributed by atoms with Gasteiger partial charge in [0.2, 0.25) is 0 Å². The van der Waals surface area contributed by atoms with Gasteiger partial charge in [-0.15, -0.1) is 0 Å². The highest BCUT2D eigenvalue weighted by molar-refractivity contribution is 5.98. The zero-order chi connectivity index (χ0) is 15.9. The Kier molecular flexibility index (Phi) is 3.87. The lowest BCUT2D eigenvalue weighted by Crippen LogP contribution is -2.35. The number of aliphatic hydroxyl groups excluding tert-OH is 1. The van der Waals surface area contributed by atoms with Crippen LogP contribution in [0.15, 0.2) is 24.3 Å². The van der Waals surface area contributed by atoms with E-state index in [2.05, 4.69) is 4.98 Å². The third-order valence-corrected chi connectivity index (χ3v) is 4.37. The maximum absolute atomic E-state index is 12.6. The Morgan fingerprint density at radius 2 is 2.09 bits per heavy atom. The van der Waals surface area contributed by atoms with Gasteiger partial charge in [-0.2, -0.15) is 0 Å². The third kappa shape index (κ3) is 2.97. The topological polar surface area (TPSA) is 53.4 Å². The van der Waals surface area contributed by atoms with Crippen LogP contribution in [-0.2, 0) is 0 Å². The van der Waals surface area contributed by atoms with Crippen molar-refractivity contribution in [3.63, 3.8) is 0 Å². The first-order valence-electron chi connectivity index (χ1n) is 7.77. The van der Waals surface area contributed by atoms with Gasteiger partial charge in [0, 0.05) is 19.0 Å². The summed E-state index contributed by atoms with van der Waals surface area (Å²) in [5.74, 6) is 0.293. The van der Waals surface area contributed by atoms with E-state index < -0.39 is 6.10 Å². The number of aliphatic hydroxyl groups is 1. The average Bonchev–Trinajstić information content (AvgIpc) is 3.30. The van der Waals surface area contributed by atoms with E-state index in [4.69, 9.17) is 0 Å². The molecule has 0 bridgehead atoms. The Morgan fingerprint density at radius 1 is 1.36 bits per heavy atom. The zero-order valence-electron chi connectivity index (χ0n) is 13.3. The second-order valence-electron chi connectivity index (χ2n) is 6.41. The lowest BCUT2D eigenvalue weighted by Gasteiger charge is -2.21. The number of carbonyl (C=O) groups excluding carboxylic acids is 1. The van der Waals surface area contributed by atoms with Crippen molar-refractivity contribution in [3.05, 3.63) is 41.1 Å². The van der Waals surface area contributed by atoms with E-state index in [0.29, 0.717) is 18.0 Å². The number of aromatic nitrogens is 1. The van der Waals surface area contributed by atoms with Crippen molar-refractivity contribution in [2.75, 3.05) is 13.6 Å². The van der Waals surface area contributed by atoms with Crippen LogP contribution < -0.4 is 0 Å². The largest absolute Gasteiger partial charge is 0.391 e. The number of aryl methyl sites for hydroxylation is 2. The zero-order valence-corrected chi connectivity index (χ0v) is 13.3. The molecule has 0 saturated heterocycles. The quantitative estimate of drug-likeness (QED) is 0.944. The average molecular weight is 298 g/mol. The molecule has 116 valence electrons. The Balaban J connectivity index is 1.87. The molecule has 0 spiro atoms. The van der Waals surface area contributed by atoms with Crippen LogP contribution in [0.25, 0.3) is 10.9 Å². The number of fused-ring (bicyclic) bond motifs is 1. The van der Waals surface area contributed by atoms with Crippen molar-refractivity contribution >= 4 is 16.8 Å². The minimum absolute atomic E-state index is 0.0758. The van der Waals surface area contributed by atoms with Crippen LogP contribution in [0, 0.1) is 19.8 Å². The standard InChI is InChI=1S/C18H22N2O2/c1-11-4-7-16-14(8-11)9-15(12(2)19-16)18(22)20(3)10-17(21)13-5-6-13/h4,7-9,13,17,21H,5-6,10H2,1-3H3. The molecule has 1 aliphatic rings. The predicted molar refractivity (Wildman–Crippen MR) is 86.9 cm³/mol. The van der Waals surface area contributed by atoms with Crippen molar-refractivity contribution < 1.29 is 9.90 Å². The second kappa shape index (κ2) is 5.69. The van der Waals surface area contributed by atoms with Gasteiger partial charge in [-0.05, 0) is 50.8 Å². The molecule has 1 unspecified atom stereocenters. The molecular formula is C18H22N2O2. The number of rotatable bonds is 4. The second-order valence-corrected chi connectivity index (χ2v) is 6.41. The summed E-state index contributed by atoms with van der Waals surface area (Å²) in [6, 6.07) is 7.95. The Bertz CT molecular complexity index is 722. The number of nitrogens with zero attached hydrogens (tertiary/aromatic N) is 2. The van der Waals surface area contributed by atoms with Gasteiger partial charge in [-0.3, -0.25) is 9.78 Å². The van der Waals surface area contributed by atoms with Crippen LogP contribution in [0.3, 0.4) is 0 Å². The molecule has 1 fully saturated rings. The smallest absolute Gasteiger partial charge is 0.255 e. The SMILES string of the molecule is Cc1ccc2nc(C)c(C(=O)N(C)CC(O)C3CC3)cc2c1. The van der Waals surface area contributed by atoms with Gasteiger partial charge in [-0.25, -0.2) is 0 Å². The van der Waals surface area contributed by atoms with Gasteiger partial charge in [0.05, 0.1) is 22.9 Å². The minimum Gasteiger partial charge on any atom is -0.391 e. The lowest BCUT2D eigenvalue weighted by atomic mass is 10.1. The van der Waals surface area contributed by atoms with E-state index in [0.717, 1.165) is 35.0 Å². The van der Waals surface area contributed by atoms with E-state index >= 15 is 0 Å². The highest BCUT2D eigenvalue weighted by Gasteiger charge is 2.31. The fourth-order valence-corrected chi connectivity index (χ4v) is 2.81. The van der Waals surface area contributed by atoms with E-state index in [9.17, 15) is 9.90 Å². The molecular weight excluding hydrogens is 276 g/mol. The predicted octanol–water partition coefficient (Wildman–Crippen LogP) is 2.69. The Morgan fingerprint density at radius 3 is 2.77 bits per heavy atom. The van der Waals surface area contributed by atoms with E-state index in [1.807, 2.05) is 38.1 Å². The Labute approximate surface area is 130 Å². The molecule has 2 aromatic rings. The normalized spacial score (nSPS) is 15.8.